The topological polar surface area (TPSA) is 41.6 Å². The number of rotatable bonds is 5. The Morgan fingerprint density at radius 2 is 1.71 bits per heavy atom. The minimum absolute atomic E-state index is 0.121. The van der Waals surface area contributed by atoms with Crippen LogP contribution in [0.5, 0.6) is 0 Å². The van der Waals surface area contributed by atoms with Crippen molar-refractivity contribution in [1.29, 1.82) is 0 Å². The number of likely N-dealkylation sites (N-methyl/N-ethyl adjacent to an activating group) is 1. The average Bonchev–Trinajstić information content (AvgIpc) is 3.08. The van der Waals surface area contributed by atoms with E-state index in [1.165, 1.54) is 0 Å². The van der Waals surface area contributed by atoms with Crippen molar-refractivity contribution in [3.63, 3.8) is 0 Å². The van der Waals surface area contributed by atoms with Crippen LogP contribution in [0.25, 0.3) is 0 Å². The van der Waals surface area contributed by atoms with Crippen molar-refractivity contribution in [2.24, 2.45) is 11.8 Å². The third-order valence-corrected chi connectivity index (χ3v) is 6.62. The predicted octanol–water partition coefficient (Wildman–Crippen LogP) is 3.08. The van der Waals surface area contributed by atoms with Gasteiger partial charge in [0.1, 0.15) is 5.41 Å². The van der Waals surface area contributed by atoms with Gasteiger partial charge in [0.2, 0.25) is 5.91 Å². The molecule has 2 heterocycles. The van der Waals surface area contributed by atoms with E-state index in [9.17, 15) is 4.79 Å². The van der Waals surface area contributed by atoms with Gasteiger partial charge in [-0.05, 0) is 24.0 Å². The van der Waals surface area contributed by atoms with Gasteiger partial charge in [0.05, 0.1) is 12.7 Å². The zero-order chi connectivity index (χ0) is 19.6. The number of ether oxygens (including phenoxy) is 1. The van der Waals surface area contributed by atoms with Crippen LogP contribution in [0.3, 0.4) is 0 Å². The predicted molar refractivity (Wildman–Crippen MR) is 111 cm³/mol. The Hall–Kier alpha value is -2.17. The summed E-state index contributed by atoms with van der Waals surface area (Å²) in [5, 5.41) is 3.46. The molecule has 0 aliphatic carbocycles. The molecule has 1 N–H and O–H groups in total. The van der Waals surface area contributed by atoms with Gasteiger partial charge in [-0.25, -0.2) is 0 Å². The Morgan fingerprint density at radius 3 is 2.21 bits per heavy atom. The van der Waals surface area contributed by atoms with E-state index in [0.29, 0.717) is 0 Å². The molecule has 0 bridgehead atoms. The standard InChI is InChI=1S/C24H30N2O2/c1-3-26-17-21(18(2)22-16-25-14-15-28-22)24(23(26)27,19-10-6-4-7-11-19)20-12-8-5-9-13-20/h4-13,18,21-22,25H,3,14-17H2,1-2H3. The third kappa shape index (κ3) is 3.05. The van der Waals surface area contributed by atoms with Gasteiger partial charge in [0, 0.05) is 32.1 Å². The van der Waals surface area contributed by atoms with Crippen molar-refractivity contribution in [2.45, 2.75) is 25.4 Å². The summed E-state index contributed by atoms with van der Waals surface area (Å²) in [7, 11) is 0. The lowest BCUT2D eigenvalue weighted by Crippen LogP contribution is -2.49. The summed E-state index contributed by atoms with van der Waals surface area (Å²) in [6.45, 7) is 8.30. The fraction of sp³-hybridized carbons (Fsp3) is 0.458. The lowest BCUT2D eigenvalue weighted by atomic mass is 9.62. The highest BCUT2D eigenvalue weighted by atomic mass is 16.5. The number of benzene rings is 2. The summed E-state index contributed by atoms with van der Waals surface area (Å²) in [5.41, 5.74) is 1.50. The van der Waals surface area contributed by atoms with Gasteiger partial charge in [-0.3, -0.25) is 4.79 Å². The summed E-state index contributed by atoms with van der Waals surface area (Å²) in [6, 6.07) is 20.7. The Kier molecular flexibility index (Phi) is 5.51. The average molecular weight is 379 g/mol. The molecule has 2 aromatic carbocycles. The Morgan fingerprint density at radius 1 is 1.11 bits per heavy atom. The zero-order valence-corrected chi connectivity index (χ0v) is 16.8. The number of nitrogens with zero attached hydrogens (tertiary/aromatic N) is 1. The van der Waals surface area contributed by atoms with E-state index in [-0.39, 0.29) is 23.8 Å². The number of carbonyl (C=O) groups excluding carboxylic acids is 1. The van der Waals surface area contributed by atoms with Gasteiger partial charge < -0.3 is 15.0 Å². The molecule has 4 heteroatoms. The fourth-order valence-corrected chi connectivity index (χ4v) is 5.12. The number of carbonyl (C=O) groups is 1. The highest BCUT2D eigenvalue weighted by molar-refractivity contribution is 5.95. The first-order valence-electron chi connectivity index (χ1n) is 10.4. The van der Waals surface area contributed by atoms with Crippen LogP contribution in [0.15, 0.2) is 60.7 Å². The molecular formula is C24H30N2O2. The summed E-state index contributed by atoms with van der Waals surface area (Å²) >= 11 is 0. The van der Waals surface area contributed by atoms with Crippen molar-refractivity contribution in [1.82, 2.24) is 10.2 Å². The largest absolute Gasteiger partial charge is 0.375 e. The molecule has 4 nitrogen and oxygen atoms in total. The molecule has 0 saturated carbocycles. The second-order valence-electron chi connectivity index (χ2n) is 7.96. The van der Waals surface area contributed by atoms with Crippen LogP contribution in [0.2, 0.25) is 0 Å². The molecule has 3 unspecified atom stereocenters. The van der Waals surface area contributed by atoms with E-state index in [4.69, 9.17) is 4.74 Å². The van der Waals surface area contributed by atoms with Gasteiger partial charge in [-0.1, -0.05) is 67.6 Å². The van der Waals surface area contributed by atoms with Crippen LogP contribution in [0, 0.1) is 11.8 Å². The molecule has 2 saturated heterocycles. The Balaban J connectivity index is 1.87. The smallest absolute Gasteiger partial charge is 0.238 e. The lowest BCUT2D eigenvalue weighted by molar-refractivity contribution is -0.131. The number of likely N-dealkylation sites (tertiary alicyclic amines) is 1. The van der Waals surface area contributed by atoms with E-state index >= 15 is 0 Å². The molecule has 1 amide bonds. The summed E-state index contributed by atoms with van der Waals surface area (Å²) in [5.74, 6) is 0.608. The maximum Gasteiger partial charge on any atom is 0.238 e. The van der Waals surface area contributed by atoms with E-state index in [1.54, 1.807) is 0 Å². The normalized spacial score (nSPS) is 25.6. The van der Waals surface area contributed by atoms with Crippen molar-refractivity contribution in [3.05, 3.63) is 71.8 Å². The molecule has 2 fully saturated rings. The van der Waals surface area contributed by atoms with Crippen LogP contribution >= 0.6 is 0 Å². The monoisotopic (exact) mass is 378 g/mol. The van der Waals surface area contributed by atoms with Crippen molar-refractivity contribution in [2.75, 3.05) is 32.8 Å². The third-order valence-electron chi connectivity index (χ3n) is 6.62. The highest BCUT2D eigenvalue weighted by Gasteiger charge is 2.58. The van der Waals surface area contributed by atoms with Crippen molar-refractivity contribution < 1.29 is 9.53 Å². The van der Waals surface area contributed by atoms with Crippen LogP contribution in [0.1, 0.15) is 25.0 Å². The van der Waals surface area contributed by atoms with Crippen LogP contribution in [-0.2, 0) is 14.9 Å². The van der Waals surface area contributed by atoms with E-state index in [2.05, 4.69) is 43.4 Å². The van der Waals surface area contributed by atoms with Crippen molar-refractivity contribution >= 4 is 5.91 Å². The van der Waals surface area contributed by atoms with Crippen molar-refractivity contribution in [3.8, 4) is 0 Å². The maximum atomic E-state index is 13.9. The van der Waals surface area contributed by atoms with Gasteiger partial charge in [0.15, 0.2) is 0 Å². The number of hydrogen-bond acceptors (Lipinski definition) is 3. The van der Waals surface area contributed by atoms with Gasteiger partial charge >= 0.3 is 0 Å². The minimum atomic E-state index is -0.668. The first kappa shape index (κ1) is 19.2. The highest BCUT2D eigenvalue weighted by Crippen LogP contribution is 2.49. The molecule has 0 radical (unpaired) electrons. The number of amides is 1. The van der Waals surface area contributed by atoms with E-state index in [1.807, 2.05) is 41.3 Å². The van der Waals surface area contributed by atoms with Crippen LogP contribution in [-0.4, -0.2) is 49.7 Å². The Bertz CT molecular complexity index is 747. The molecule has 28 heavy (non-hydrogen) atoms. The summed E-state index contributed by atoms with van der Waals surface area (Å²) in [6.07, 6.45) is 0.121. The molecule has 0 aromatic heterocycles. The molecule has 4 rings (SSSR count). The Labute approximate surface area is 167 Å². The first-order valence-corrected chi connectivity index (χ1v) is 10.4. The molecular weight excluding hydrogens is 348 g/mol. The summed E-state index contributed by atoms with van der Waals surface area (Å²) in [4.78, 5) is 16.0. The maximum absolute atomic E-state index is 13.9. The quantitative estimate of drug-likeness (QED) is 0.869. The molecule has 3 atom stereocenters. The number of nitrogens with one attached hydrogen (secondary N) is 1. The SMILES string of the molecule is CCN1CC(C(C)C2CNCCO2)C(c2ccccc2)(c2ccccc2)C1=O. The first-order chi connectivity index (χ1) is 13.7. The second kappa shape index (κ2) is 8.06. The number of morpholine rings is 1. The molecule has 0 spiro atoms. The minimum Gasteiger partial charge on any atom is -0.375 e. The number of hydrogen-bond donors (Lipinski definition) is 1. The zero-order valence-electron chi connectivity index (χ0n) is 16.8. The van der Waals surface area contributed by atoms with Crippen LogP contribution in [0.4, 0.5) is 0 Å². The van der Waals surface area contributed by atoms with Gasteiger partial charge in [0.25, 0.3) is 0 Å². The van der Waals surface area contributed by atoms with Gasteiger partial charge in [-0.15, -0.1) is 0 Å². The molecule has 2 aliphatic heterocycles. The van der Waals surface area contributed by atoms with E-state index in [0.717, 1.165) is 43.9 Å². The molecule has 2 aromatic rings. The molecule has 2 aliphatic rings. The molecule has 148 valence electrons. The fourth-order valence-electron chi connectivity index (χ4n) is 5.12. The lowest BCUT2D eigenvalue weighted by Gasteiger charge is -2.40. The van der Waals surface area contributed by atoms with E-state index < -0.39 is 5.41 Å². The second-order valence-corrected chi connectivity index (χ2v) is 7.96. The van der Waals surface area contributed by atoms with Gasteiger partial charge in [-0.2, -0.15) is 0 Å². The summed E-state index contributed by atoms with van der Waals surface area (Å²) < 4.78 is 6.13. The van der Waals surface area contributed by atoms with Crippen LogP contribution < -0.4 is 5.32 Å².